The third kappa shape index (κ3) is 4.79. The maximum atomic E-state index is 13.0. The van der Waals surface area contributed by atoms with Crippen LogP contribution in [0.5, 0.6) is 11.5 Å². The molecule has 1 aliphatic rings. The van der Waals surface area contributed by atoms with Crippen molar-refractivity contribution in [3.8, 4) is 11.5 Å². The third-order valence-electron chi connectivity index (χ3n) is 5.03. The zero-order valence-corrected chi connectivity index (χ0v) is 16.4. The molecular weight excluding hydrogens is 358 g/mol. The average Bonchev–Trinajstić information content (AvgIpc) is 2.74. The van der Waals surface area contributed by atoms with Gasteiger partial charge in [0.1, 0.15) is 6.61 Å². The summed E-state index contributed by atoms with van der Waals surface area (Å²) in [5.74, 6) is 1.16. The molecule has 0 spiro atoms. The van der Waals surface area contributed by atoms with Crippen LogP contribution < -0.4 is 20.1 Å². The van der Waals surface area contributed by atoms with Crippen LogP contribution in [0.1, 0.15) is 18.4 Å². The Balaban J connectivity index is 1.73. The number of hydrogen-bond acceptors (Lipinski definition) is 6. The van der Waals surface area contributed by atoms with E-state index in [1.165, 1.54) is 0 Å². The number of pyridine rings is 1. The summed E-state index contributed by atoms with van der Waals surface area (Å²) in [4.78, 5) is 17.0. The zero-order chi connectivity index (χ0) is 19.8. The highest BCUT2D eigenvalue weighted by Crippen LogP contribution is 2.34. The Hall–Kier alpha value is -2.64. The van der Waals surface area contributed by atoms with Crippen LogP contribution in [0.15, 0.2) is 42.7 Å². The molecule has 1 fully saturated rings. The van der Waals surface area contributed by atoms with Crippen molar-refractivity contribution in [1.82, 2.24) is 10.3 Å². The lowest BCUT2D eigenvalue weighted by atomic mass is 9.78. The van der Waals surface area contributed by atoms with Gasteiger partial charge in [0.25, 0.3) is 0 Å². The van der Waals surface area contributed by atoms with E-state index in [-0.39, 0.29) is 5.91 Å². The molecule has 0 bridgehead atoms. The van der Waals surface area contributed by atoms with Crippen molar-refractivity contribution in [1.29, 1.82) is 0 Å². The molecular formula is C21H27N3O4. The highest BCUT2D eigenvalue weighted by atomic mass is 16.5. The summed E-state index contributed by atoms with van der Waals surface area (Å²) < 4.78 is 16.7. The van der Waals surface area contributed by atoms with Gasteiger partial charge in [-0.2, -0.15) is 0 Å². The fraction of sp³-hybridized carbons (Fsp3) is 0.429. The van der Waals surface area contributed by atoms with Gasteiger partial charge >= 0.3 is 0 Å². The number of aromatic nitrogens is 1. The SMILES string of the molecule is COCC1(C(=O)Nc2ccc(OC)c(OCc3ccncc3)c2)CCNCC1. The van der Waals surface area contributed by atoms with Crippen molar-refractivity contribution in [2.24, 2.45) is 5.41 Å². The number of carbonyl (C=O) groups excluding carboxylic acids is 1. The highest BCUT2D eigenvalue weighted by molar-refractivity contribution is 5.95. The van der Waals surface area contributed by atoms with Crippen LogP contribution in [0.3, 0.4) is 0 Å². The Morgan fingerprint density at radius 2 is 1.89 bits per heavy atom. The monoisotopic (exact) mass is 385 g/mol. The van der Waals surface area contributed by atoms with Gasteiger partial charge in [-0.15, -0.1) is 0 Å². The summed E-state index contributed by atoms with van der Waals surface area (Å²) in [7, 11) is 3.23. The van der Waals surface area contributed by atoms with E-state index in [0.717, 1.165) is 31.5 Å². The summed E-state index contributed by atoms with van der Waals surface area (Å²) in [6, 6.07) is 9.19. The number of methoxy groups -OCH3 is 2. The van der Waals surface area contributed by atoms with E-state index in [9.17, 15) is 4.79 Å². The predicted octanol–water partition coefficient (Wildman–Crippen LogP) is 2.62. The van der Waals surface area contributed by atoms with E-state index >= 15 is 0 Å². The fourth-order valence-electron chi connectivity index (χ4n) is 3.39. The summed E-state index contributed by atoms with van der Waals surface area (Å²) in [5.41, 5.74) is 1.16. The maximum Gasteiger partial charge on any atom is 0.233 e. The topological polar surface area (TPSA) is 81.7 Å². The summed E-state index contributed by atoms with van der Waals surface area (Å²) >= 11 is 0. The van der Waals surface area contributed by atoms with Crippen LogP contribution in [0.25, 0.3) is 0 Å². The van der Waals surface area contributed by atoms with E-state index in [4.69, 9.17) is 14.2 Å². The molecule has 2 heterocycles. The number of hydrogen-bond donors (Lipinski definition) is 2. The quantitative estimate of drug-likeness (QED) is 0.727. The lowest BCUT2D eigenvalue weighted by Gasteiger charge is -2.35. The number of benzene rings is 1. The molecule has 0 saturated carbocycles. The van der Waals surface area contributed by atoms with Gasteiger partial charge in [0.05, 0.1) is 19.1 Å². The number of ether oxygens (including phenoxy) is 3. The first-order chi connectivity index (χ1) is 13.7. The van der Waals surface area contributed by atoms with E-state index in [1.807, 2.05) is 18.2 Å². The van der Waals surface area contributed by atoms with Crippen molar-refractivity contribution < 1.29 is 19.0 Å². The first-order valence-corrected chi connectivity index (χ1v) is 9.38. The molecule has 1 aromatic heterocycles. The fourth-order valence-corrected chi connectivity index (χ4v) is 3.39. The molecule has 2 aromatic rings. The Bertz CT molecular complexity index is 771. The Morgan fingerprint density at radius 1 is 1.14 bits per heavy atom. The predicted molar refractivity (Wildman–Crippen MR) is 107 cm³/mol. The number of rotatable bonds is 8. The number of carbonyl (C=O) groups is 1. The molecule has 3 rings (SSSR count). The lowest BCUT2D eigenvalue weighted by Crippen LogP contribution is -2.47. The molecule has 1 amide bonds. The Kier molecular flexibility index (Phi) is 6.84. The Morgan fingerprint density at radius 3 is 2.57 bits per heavy atom. The molecule has 150 valence electrons. The molecule has 1 saturated heterocycles. The van der Waals surface area contributed by atoms with Crippen LogP contribution in [-0.4, -0.2) is 44.8 Å². The van der Waals surface area contributed by atoms with Crippen LogP contribution in [-0.2, 0) is 16.1 Å². The molecule has 7 heteroatoms. The molecule has 28 heavy (non-hydrogen) atoms. The molecule has 1 aliphatic heterocycles. The van der Waals surface area contributed by atoms with Crippen molar-refractivity contribution in [2.75, 3.05) is 39.2 Å². The van der Waals surface area contributed by atoms with E-state index in [1.54, 1.807) is 38.7 Å². The molecule has 1 aromatic carbocycles. The van der Waals surface area contributed by atoms with Gasteiger partial charge in [-0.25, -0.2) is 0 Å². The highest BCUT2D eigenvalue weighted by Gasteiger charge is 2.39. The van der Waals surface area contributed by atoms with Gasteiger partial charge < -0.3 is 24.8 Å². The van der Waals surface area contributed by atoms with Crippen molar-refractivity contribution in [3.63, 3.8) is 0 Å². The largest absolute Gasteiger partial charge is 0.493 e. The molecule has 0 unspecified atom stereocenters. The van der Waals surface area contributed by atoms with Gasteiger partial charge in [-0.3, -0.25) is 9.78 Å². The van der Waals surface area contributed by atoms with Gasteiger partial charge in [-0.1, -0.05) is 0 Å². The van der Waals surface area contributed by atoms with E-state index in [0.29, 0.717) is 30.4 Å². The zero-order valence-electron chi connectivity index (χ0n) is 16.4. The maximum absolute atomic E-state index is 13.0. The summed E-state index contributed by atoms with van der Waals surface area (Å²) in [6.45, 7) is 2.40. The van der Waals surface area contributed by atoms with Crippen LogP contribution in [0.2, 0.25) is 0 Å². The number of nitrogens with one attached hydrogen (secondary N) is 2. The second-order valence-corrected chi connectivity index (χ2v) is 6.93. The van der Waals surface area contributed by atoms with Crippen molar-refractivity contribution in [3.05, 3.63) is 48.3 Å². The number of nitrogens with zero attached hydrogens (tertiary/aromatic N) is 1. The van der Waals surface area contributed by atoms with E-state index in [2.05, 4.69) is 15.6 Å². The second-order valence-electron chi connectivity index (χ2n) is 6.93. The van der Waals surface area contributed by atoms with Gasteiger partial charge in [-0.05, 0) is 55.8 Å². The smallest absolute Gasteiger partial charge is 0.233 e. The van der Waals surface area contributed by atoms with Crippen LogP contribution in [0.4, 0.5) is 5.69 Å². The van der Waals surface area contributed by atoms with Crippen molar-refractivity contribution >= 4 is 11.6 Å². The number of amides is 1. The molecule has 0 radical (unpaired) electrons. The van der Waals surface area contributed by atoms with Crippen molar-refractivity contribution in [2.45, 2.75) is 19.4 Å². The first kappa shape index (κ1) is 20.1. The second kappa shape index (κ2) is 9.52. The molecule has 7 nitrogen and oxygen atoms in total. The molecule has 0 atom stereocenters. The normalized spacial score (nSPS) is 15.6. The van der Waals surface area contributed by atoms with Gasteiger partial charge in [0.15, 0.2) is 11.5 Å². The summed E-state index contributed by atoms with van der Waals surface area (Å²) in [6.07, 6.45) is 4.93. The van der Waals surface area contributed by atoms with Gasteiger partial charge in [0, 0.05) is 31.3 Å². The summed E-state index contributed by atoms with van der Waals surface area (Å²) in [5, 5.41) is 6.33. The van der Waals surface area contributed by atoms with Gasteiger partial charge in [0.2, 0.25) is 5.91 Å². The number of piperidine rings is 1. The standard InChI is InChI=1S/C21H27N3O4/c1-26-15-21(7-11-23-12-8-21)20(25)24-17-3-4-18(27-2)19(13-17)28-14-16-5-9-22-10-6-16/h3-6,9-10,13,23H,7-8,11-12,14-15H2,1-2H3,(H,24,25). The Labute approximate surface area is 165 Å². The first-order valence-electron chi connectivity index (χ1n) is 9.38. The lowest BCUT2D eigenvalue weighted by molar-refractivity contribution is -0.130. The van der Waals surface area contributed by atoms with Crippen LogP contribution >= 0.6 is 0 Å². The number of anilines is 1. The molecule has 0 aliphatic carbocycles. The van der Waals surface area contributed by atoms with Crippen LogP contribution in [0, 0.1) is 5.41 Å². The van der Waals surface area contributed by atoms with E-state index < -0.39 is 5.41 Å². The minimum absolute atomic E-state index is 0.0268. The molecule has 2 N–H and O–H groups in total. The minimum Gasteiger partial charge on any atom is -0.493 e. The average molecular weight is 385 g/mol. The third-order valence-corrected chi connectivity index (χ3v) is 5.03. The minimum atomic E-state index is -0.516.